The fraction of sp³-hybridized carbons (Fsp3) is 0.265. The average molecular weight is 630 g/mol. The molecule has 1 aromatic heterocycles. The second-order valence-corrected chi connectivity index (χ2v) is 11.5. The second-order valence-electron chi connectivity index (χ2n) is 11.5. The van der Waals surface area contributed by atoms with Gasteiger partial charge in [-0.2, -0.15) is 13.2 Å². The number of alkyl halides is 3. The van der Waals surface area contributed by atoms with Gasteiger partial charge in [-0.25, -0.2) is 4.98 Å². The Morgan fingerprint density at radius 1 is 0.978 bits per heavy atom. The molecule has 1 saturated heterocycles. The topological polar surface area (TPSA) is 105 Å². The molecule has 3 heterocycles. The Balaban J connectivity index is 1.14. The molecule has 0 spiro atoms. The van der Waals surface area contributed by atoms with Crippen LogP contribution in [0.25, 0.3) is 11.6 Å². The summed E-state index contributed by atoms with van der Waals surface area (Å²) in [6, 6.07) is 16.1. The van der Waals surface area contributed by atoms with Gasteiger partial charge in [0.2, 0.25) is 0 Å². The van der Waals surface area contributed by atoms with E-state index in [0.29, 0.717) is 47.2 Å². The van der Waals surface area contributed by atoms with E-state index in [-0.39, 0.29) is 23.6 Å². The molecule has 238 valence electrons. The minimum absolute atomic E-state index is 0.0758. The number of nitrogens with one attached hydrogen (secondary N) is 4. The van der Waals surface area contributed by atoms with Crippen molar-refractivity contribution >= 4 is 46.2 Å². The Morgan fingerprint density at radius 3 is 2.43 bits per heavy atom. The number of carbonyl (C=O) groups is 2. The molecule has 0 bridgehead atoms. The molecule has 0 atom stereocenters. The Morgan fingerprint density at radius 2 is 1.72 bits per heavy atom. The van der Waals surface area contributed by atoms with E-state index < -0.39 is 17.6 Å². The number of nitrogens with zero attached hydrogens (tertiary/aromatic N) is 3. The smallest absolute Gasteiger partial charge is 0.355 e. The summed E-state index contributed by atoms with van der Waals surface area (Å²) in [5.74, 6) is -0.289. The number of H-pyrrole nitrogens is 1. The minimum atomic E-state index is -4.59. The number of carbonyl (C=O) groups excluding carboxylic acids is 2. The lowest BCUT2D eigenvalue weighted by Crippen LogP contribution is -2.45. The molecular formula is C34H34F3N7O2. The van der Waals surface area contributed by atoms with Gasteiger partial charge in [0.25, 0.3) is 11.8 Å². The van der Waals surface area contributed by atoms with Crippen LogP contribution in [0.2, 0.25) is 0 Å². The van der Waals surface area contributed by atoms with Crippen LogP contribution in [0.3, 0.4) is 0 Å². The van der Waals surface area contributed by atoms with Gasteiger partial charge in [-0.3, -0.25) is 14.5 Å². The number of aromatic amines is 1. The number of hydrogen-bond donors (Lipinski definition) is 4. The van der Waals surface area contributed by atoms with Crippen molar-refractivity contribution in [2.24, 2.45) is 0 Å². The van der Waals surface area contributed by atoms with Crippen LogP contribution in [0.1, 0.15) is 45.5 Å². The number of amides is 2. The van der Waals surface area contributed by atoms with Gasteiger partial charge in [0.1, 0.15) is 5.82 Å². The molecule has 6 rings (SSSR count). The maximum atomic E-state index is 14.1. The van der Waals surface area contributed by atoms with Crippen molar-refractivity contribution in [1.82, 2.24) is 19.8 Å². The Bertz CT molecular complexity index is 1810. The number of likely N-dealkylation sites (N-methyl/N-ethyl adjacent to an activating group) is 1. The summed E-state index contributed by atoms with van der Waals surface area (Å²) in [6.07, 6.45) is -1.20. The summed E-state index contributed by atoms with van der Waals surface area (Å²) < 4.78 is 42.2. The Kier molecular flexibility index (Phi) is 8.65. The number of aryl methyl sites for hydroxylation is 1. The van der Waals surface area contributed by atoms with E-state index in [1.807, 2.05) is 24.0 Å². The summed E-state index contributed by atoms with van der Waals surface area (Å²) in [5.41, 5.74) is 3.80. The predicted molar refractivity (Wildman–Crippen MR) is 173 cm³/mol. The maximum absolute atomic E-state index is 14.1. The van der Waals surface area contributed by atoms with E-state index in [4.69, 9.17) is 0 Å². The maximum Gasteiger partial charge on any atom is 0.416 e. The molecule has 0 radical (unpaired) electrons. The van der Waals surface area contributed by atoms with Crippen LogP contribution in [0.15, 0.2) is 66.9 Å². The first-order chi connectivity index (χ1) is 22.1. The van der Waals surface area contributed by atoms with E-state index in [2.05, 4.69) is 37.7 Å². The van der Waals surface area contributed by atoms with E-state index in [9.17, 15) is 22.8 Å². The SMILES string of the molecule is CCN1CCN(Cc2ccc(C(=O)Nc3cccc(Nc4ccc5c(c4)NC(=O)C5=Cc4ncc(C)[nH]4)c3)cc2C(F)(F)F)CC1. The van der Waals surface area contributed by atoms with E-state index >= 15 is 0 Å². The van der Waals surface area contributed by atoms with Crippen LogP contribution in [0.4, 0.5) is 35.9 Å². The largest absolute Gasteiger partial charge is 0.416 e. The van der Waals surface area contributed by atoms with Crippen molar-refractivity contribution in [2.45, 2.75) is 26.6 Å². The third-order valence-electron chi connectivity index (χ3n) is 8.20. The molecule has 0 unspecified atom stereocenters. The van der Waals surface area contributed by atoms with E-state index in [0.717, 1.165) is 37.0 Å². The van der Waals surface area contributed by atoms with Gasteiger partial charge in [0.15, 0.2) is 0 Å². The summed E-state index contributed by atoms with van der Waals surface area (Å²) in [7, 11) is 0. The van der Waals surface area contributed by atoms with Crippen molar-refractivity contribution in [3.05, 3.63) is 101 Å². The van der Waals surface area contributed by atoms with Gasteiger partial charge in [-0.1, -0.05) is 25.1 Å². The van der Waals surface area contributed by atoms with E-state index in [1.54, 1.807) is 42.6 Å². The highest BCUT2D eigenvalue weighted by Crippen LogP contribution is 2.36. The molecule has 4 N–H and O–H groups in total. The van der Waals surface area contributed by atoms with Gasteiger partial charge in [0, 0.05) is 72.8 Å². The summed E-state index contributed by atoms with van der Waals surface area (Å²) >= 11 is 0. The zero-order valence-electron chi connectivity index (χ0n) is 25.5. The number of anilines is 4. The number of aromatic nitrogens is 2. The van der Waals surface area contributed by atoms with Gasteiger partial charge < -0.3 is 25.8 Å². The first-order valence-electron chi connectivity index (χ1n) is 15.1. The van der Waals surface area contributed by atoms with Gasteiger partial charge >= 0.3 is 6.18 Å². The highest BCUT2D eigenvalue weighted by molar-refractivity contribution is 6.34. The minimum Gasteiger partial charge on any atom is -0.355 e. The van der Waals surface area contributed by atoms with Crippen LogP contribution in [0, 0.1) is 6.92 Å². The number of fused-ring (bicyclic) bond motifs is 1. The fourth-order valence-electron chi connectivity index (χ4n) is 5.73. The summed E-state index contributed by atoms with van der Waals surface area (Å²) in [5, 5.41) is 8.84. The number of rotatable bonds is 8. The molecule has 0 saturated carbocycles. The van der Waals surface area contributed by atoms with Crippen LogP contribution < -0.4 is 16.0 Å². The summed E-state index contributed by atoms with van der Waals surface area (Å²) in [6.45, 7) is 8.08. The average Bonchev–Trinajstić information content (AvgIpc) is 3.58. The number of piperazine rings is 1. The van der Waals surface area contributed by atoms with Gasteiger partial charge in [-0.15, -0.1) is 0 Å². The third kappa shape index (κ3) is 6.98. The summed E-state index contributed by atoms with van der Waals surface area (Å²) in [4.78, 5) is 37.3. The molecule has 1 fully saturated rings. The van der Waals surface area contributed by atoms with Crippen molar-refractivity contribution in [2.75, 3.05) is 48.7 Å². The van der Waals surface area contributed by atoms with E-state index in [1.165, 1.54) is 12.1 Å². The quantitative estimate of drug-likeness (QED) is 0.169. The lowest BCUT2D eigenvalue weighted by Gasteiger charge is -2.34. The number of benzene rings is 3. The molecule has 9 nitrogen and oxygen atoms in total. The standard InChI is InChI=1S/C34H34F3N7O2/c1-3-43-11-13-44(14-12-43)20-23-8-7-22(15-29(23)34(35,36)37)32(45)41-25-6-4-5-24(16-25)40-26-9-10-27-28(33(46)42-30(27)17-26)18-31-38-19-21(2)39-31/h4-10,15-19,40H,3,11-14,20H2,1-2H3,(H,38,39)(H,41,45)(H,42,46). The molecule has 2 aliphatic rings. The lowest BCUT2D eigenvalue weighted by atomic mass is 10.0. The second kappa shape index (κ2) is 12.8. The van der Waals surface area contributed by atoms with Crippen LogP contribution >= 0.6 is 0 Å². The van der Waals surface area contributed by atoms with Crippen LogP contribution in [-0.4, -0.2) is 64.3 Å². The molecular weight excluding hydrogens is 595 g/mol. The monoisotopic (exact) mass is 629 g/mol. The zero-order chi connectivity index (χ0) is 32.4. The molecule has 2 amide bonds. The molecule has 12 heteroatoms. The van der Waals surface area contributed by atoms with Crippen molar-refractivity contribution < 1.29 is 22.8 Å². The first kappa shape index (κ1) is 31.1. The predicted octanol–water partition coefficient (Wildman–Crippen LogP) is 6.36. The molecule has 3 aromatic carbocycles. The van der Waals surface area contributed by atoms with Crippen LogP contribution in [-0.2, 0) is 17.5 Å². The first-order valence-corrected chi connectivity index (χ1v) is 15.1. The highest BCUT2D eigenvalue weighted by atomic mass is 19.4. The van der Waals surface area contributed by atoms with Crippen molar-refractivity contribution in [1.29, 1.82) is 0 Å². The fourth-order valence-corrected chi connectivity index (χ4v) is 5.73. The Hall–Kier alpha value is -4.94. The number of hydrogen-bond acceptors (Lipinski definition) is 6. The molecule has 0 aliphatic carbocycles. The lowest BCUT2D eigenvalue weighted by molar-refractivity contribution is -0.138. The number of halogens is 3. The molecule has 4 aromatic rings. The van der Waals surface area contributed by atoms with Crippen LogP contribution in [0.5, 0.6) is 0 Å². The zero-order valence-corrected chi connectivity index (χ0v) is 25.5. The van der Waals surface area contributed by atoms with Gasteiger partial charge in [-0.05, 0) is 67.6 Å². The molecule has 46 heavy (non-hydrogen) atoms. The third-order valence-corrected chi connectivity index (χ3v) is 8.20. The van der Waals surface area contributed by atoms with Crippen molar-refractivity contribution in [3.63, 3.8) is 0 Å². The van der Waals surface area contributed by atoms with Crippen molar-refractivity contribution in [3.8, 4) is 0 Å². The Labute approximate surface area is 264 Å². The normalized spacial score (nSPS) is 16.4. The molecule has 2 aliphatic heterocycles. The highest BCUT2D eigenvalue weighted by Gasteiger charge is 2.35. The number of imidazole rings is 1. The van der Waals surface area contributed by atoms with Gasteiger partial charge in [0.05, 0.1) is 16.8 Å².